The van der Waals surface area contributed by atoms with Crippen molar-refractivity contribution in [3.05, 3.63) is 33.0 Å². The van der Waals surface area contributed by atoms with Crippen molar-refractivity contribution >= 4 is 22.9 Å². The van der Waals surface area contributed by atoms with E-state index in [0.29, 0.717) is 5.92 Å². The molecule has 0 unspecified atom stereocenters. The summed E-state index contributed by atoms with van der Waals surface area (Å²) in [6.07, 6.45) is 5.06. The molecule has 1 atom stereocenters. The van der Waals surface area contributed by atoms with Crippen molar-refractivity contribution in [2.75, 3.05) is 26.2 Å². The molecule has 0 N–H and O–H groups in total. The first-order valence-electron chi connectivity index (χ1n) is 9.26. The average Bonchev–Trinajstić information content (AvgIpc) is 3.33. The smallest absolute Gasteiger partial charge is 0.146 e. The highest BCUT2D eigenvalue weighted by Crippen LogP contribution is 2.29. The number of halogens is 1. The van der Waals surface area contributed by atoms with Gasteiger partial charge in [-0.05, 0) is 57.5 Å². The van der Waals surface area contributed by atoms with Crippen LogP contribution < -0.4 is 0 Å². The normalized spacial score (nSPS) is 22.7. The summed E-state index contributed by atoms with van der Waals surface area (Å²) >= 11 is 7.76. The molecule has 2 saturated heterocycles. The van der Waals surface area contributed by atoms with Crippen LogP contribution in [0.4, 0.5) is 0 Å². The van der Waals surface area contributed by atoms with Crippen molar-refractivity contribution in [3.63, 3.8) is 0 Å². The lowest BCUT2D eigenvalue weighted by molar-refractivity contribution is 0.196. The second-order valence-corrected chi connectivity index (χ2v) is 9.10. The summed E-state index contributed by atoms with van der Waals surface area (Å²) < 4.78 is 3.12. The topological polar surface area (TPSA) is 37.2 Å². The molecule has 2 aliphatic rings. The van der Waals surface area contributed by atoms with Crippen molar-refractivity contribution < 1.29 is 0 Å². The molecule has 4 heterocycles. The van der Waals surface area contributed by atoms with Crippen LogP contribution in [-0.4, -0.2) is 50.7 Å². The van der Waals surface area contributed by atoms with E-state index in [-0.39, 0.29) is 0 Å². The van der Waals surface area contributed by atoms with Gasteiger partial charge in [0.1, 0.15) is 11.6 Å². The van der Waals surface area contributed by atoms with Crippen molar-refractivity contribution in [2.45, 2.75) is 44.7 Å². The van der Waals surface area contributed by atoms with Crippen LogP contribution in [0.2, 0.25) is 4.34 Å². The summed E-state index contributed by atoms with van der Waals surface area (Å²) in [4.78, 5) is 6.37. The highest BCUT2D eigenvalue weighted by Gasteiger charge is 2.26. The highest BCUT2D eigenvalue weighted by molar-refractivity contribution is 7.16. The van der Waals surface area contributed by atoms with Crippen molar-refractivity contribution in [2.24, 2.45) is 7.05 Å². The lowest BCUT2D eigenvalue weighted by atomic mass is 9.97. The summed E-state index contributed by atoms with van der Waals surface area (Å²) in [6.45, 7) is 6.54. The number of aromatic nitrogens is 3. The molecule has 0 saturated carbocycles. The second kappa shape index (κ2) is 7.74. The number of nitrogens with zero attached hydrogens (tertiary/aromatic N) is 5. The number of thiophene rings is 1. The summed E-state index contributed by atoms with van der Waals surface area (Å²) in [5.74, 6) is 2.75. The lowest BCUT2D eigenvalue weighted by Gasteiger charge is -2.31. The van der Waals surface area contributed by atoms with Crippen LogP contribution in [0.5, 0.6) is 0 Å². The number of hydrogen-bond donors (Lipinski definition) is 0. The molecule has 4 rings (SSSR count). The van der Waals surface area contributed by atoms with Gasteiger partial charge in [-0.2, -0.15) is 0 Å². The maximum Gasteiger partial charge on any atom is 0.146 e. The zero-order chi connectivity index (χ0) is 17.2. The molecule has 2 aliphatic heterocycles. The van der Waals surface area contributed by atoms with E-state index >= 15 is 0 Å². The third-order valence-electron chi connectivity index (χ3n) is 5.44. The predicted molar refractivity (Wildman–Crippen MR) is 102 cm³/mol. The van der Waals surface area contributed by atoms with Gasteiger partial charge in [0.25, 0.3) is 0 Å². The third kappa shape index (κ3) is 4.08. The van der Waals surface area contributed by atoms with Gasteiger partial charge < -0.3 is 4.57 Å². The van der Waals surface area contributed by atoms with E-state index in [1.165, 1.54) is 43.6 Å². The van der Waals surface area contributed by atoms with E-state index in [0.717, 1.165) is 42.2 Å². The first-order chi connectivity index (χ1) is 12.2. The Labute approximate surface area is 158 Å². The fraction of sp³-hybridized carbons (Fsp3) is 0.667. The summed E-state index contributed by atoms with van der Waals surface area (Å²) in [7, 11) is 2.14. The lowest BCUT2D eigenvalue weighted by Crippen LogP contribution is -2.34. The zero-order valence-corrected chi connectivity index (χ0v) is 16.4. The largest absolute Gasteiger partial charge is 0.317 e. The van der Waals surface area contributed by atoms with E-state index in [1.807, 2.05) is 6.07 Å². The first-order valence-corrected chi connectivity index (χ1v) is 10.5. The van der Waals surface area contributed by atoms with Gasteiger partial charge in [-0.25, -0.2) is 0 Å². The van der Waals surface area contributed by atoms with Gasteiger partial charge in [0, 0.05) is 30.9 Å². The van der Waals surface area contributed by atoms with Crippen LogP contribution in [0.3, 0.4) is 0 Å². The molecule has 2 fully saturated rings. The van der Waals surface area contributed by atoms with Crippen LogP contribution in [-0.2, 0) is 20.1 Å². The Morgan fingerprint density at radius 1 is 1.08 bits per heavy atom. The Morgan fingerprint density at radius 3 is 2.64 bits per heavy atom. The fourth-order valence-electron chi connectivity index (χ4n) is 4.08. The third-order valence-corrected chi connectivity index (χ3v) is 6.66. The molecule has 0 aromatic carbocycles. The Bertz CT molecular complexity index is 706. The quantitative estimate of drug-likeness (QED) is 0.796. The Balaban J connectivity index is 1.41. The molecule has 0 amide bonds. The van der Waals surface area contributed by atoms with Gasteiger partial charge in [-0.1, -0.05) is 11.6 Å². The maximum absolute atomic E-state index is 6.07. The second-order valence-electron chi connectivity index (χ2n) is 7.30. The van der Waals surface area contributed by atoms with Gasteiger partial charge in [-0.3, -0.25) is 9.80 Å². The fourth-order valence-corrected chi connectivity index (χ4v) is 5.21. The van der Waals surface area contributed by atoms with Gasteiger partial charge in [0.2, 0.25) is 0 Å². The molecule has 136 valence electrons. The van der Waals surface area contributed by atoms with Crippen molar-refractivity contribution in [3.8, 4) is 0 Å². The van der Waals surface area contributed by atoms with E-state index in [1.54, 1.807) is 11.3 Å². The van der Waals surface area contributed by atoms with Gasteiger partial charge >= 0.3 is 0 Å². The molecule has 0 radical (unpaired) electrons. The Hall–Kier alpha value is -0.950. The van der Waals surface area contributed by atoms with E-state index < -0.39 is 0 Å². The van der Waals surface area contributed by atoms with Crippen LogP contribution in [0.1, 0.15) is 48.1 Å². The minimum Gasteiger partial charge on any atom is -0.317 e. The summed E-state index contributed by atoms with van der Waals surface area (Å²) in [5, 5.41) is 9.07. The number of rotatable bonds is 5. The van der Waals surface area contributed by atoms with E-state index in [2.05, 4.69) is 37.7 Å². The van der Waals surface area contributed by atoms with E-state index in [9.17, 15) is 0 Å². The van der Waals surface area contributed by atoms with Crippen molar-refractivity contribution in [1.29, 1.82) is 0 Å². The number of piperidine rings is 1. The predicted octanol–water partition coefficient (Wildman–Crippen LogP) is 3.51. The molecule has 2 aromatic heterocycles. The van der Waals surface area contributed by atoms with Crippen molar-refractivity contribution in [1.82, 2.24) is 24.6 Å². The van der Waals surface area contributed by atoms with Gasteiger partial charge in [-0.15, -0.1) is 21.5 Å². The van der Waals surface area contributed by atoms with Crippen LogP contribution in [0.15, 0.2) is 12.1 Å². The Morgan fingerprint density at radius 2 is 1.88 bits per heavy atom. The molecule has 0 bridgehead atoms. The molecule has 0 aliphatic carbocycles. The standard InChI is InChI=1S/C18H26ClN5S/c1-22-17(13-23-8-2-3-9-23)20-21-18(22)14-5-4-10-24(11-14)12-15-6-7-16(19)25-15/h6-7,14H,2-5,8-13H2,1H3/t14-/m1/s1. The molecular formula is C18H26ClN5S. The minimum atomic E-state index is 0.481. The molecule has 7 heteroatoms. The molecule has 25 heavy (non-hydrogen) atoms. The summed E-state index contributed by atoms with van der Waals surface area (Å²) in [6, 6.07) is 4.14. The maximum atomic E-state index is 6.07. The molecular weight excluding hydrogens is 354 g/mol. The van der Waals surface area contributed by atoms with Gasteiger partial charge in [0.15, 0.2) is 0 Å². The number of likely N-dealkylation sites (tertiary alicyclic amines) is 2. The molecule has 5 nitrogen and oxygen atoms in total. The van der Waals surface area contributed by atoms with Crippen LogP contribution in [0, 0.1) is 0 Å². The minimum absolute atomic E-state index is 0.481. The van der Waals surface area contributed by atoms with Crippen LogP contribution >= 0.6 is 22.9 Å². The van der Waals surface area contributed by atoms with Crippen LogP contribution in [0.25, 0.3) is 0 Å². The monoisotopic (exact) mass is 379 g/mol. The number of hydrogen-bond acceptors (Lipinski definition) is 5. The highest BCUT2D eigenvalue weighted by atomic mass is 35.5. The summed E-state index contributed by atoms with van der Waals surface area (Å²) in [5.41, 5.74) is 0. The SMILES string of the molecule is Cn1c(CN2CCCC2)nnc1[C@@H]1CCCN(Cc2ccc(Cl)s2)C1. The zero-order valence-electron chi connectivity index (χ0n) is 14.8. The Kier molecular flexibility index (Phi) is 5.41. The first kappa shape index (κ1) is 17.5. The molecule has 0 spiro atoms. The molecule has 2 aromatic rings. The van der Waals surface area contributed by atoms with Gasteiger partial charge in [0.05, 0.1) is 10.9 Å². The van der Waals surface area contributed by atoms with E-state index in [4.69, 9.17) is 11.6 Å². The average molecular weight is 380 g/mol.